The van der Waals surface area contributed by atoms with E-state index in [9.17, 15) is 19.5 Å². The Morgan fingerprint density at radius 3 is 2.28 bits per heavy atom. The quantitative estimate of drug-likeness (QED) is 0.307. The number of hydrogen-bond donors (Lipinski definition) is 3. The second-order valence-electron chi connectivity index (χ2n) is 10.9. The summed E-state index contributed by atoms with van der Waals surface area (Å²) >= 11 is 6.40. The van der Waals surface area contributed by atoms with Crippen LogP contribution in [0, 0.1) is 19.8 Å². The summed E-state index contributed by atoms with van der Waals surface area (Å²) in [5.74, 6) is -1.02. The van der Waals surface area contributed by atoms with Gasteiger partial charge in [-0.2, -0.15) is 0 Å². The lowest BCUT2D eigenvalue weighted by Crippen LogP contribution is -2.54. The van der Waals surface area contributed by atoms with E-state index in [1.807, 2.05) is 33.8 Å². The summed E-state index contributed by atoms with van der Waals surface area (Å²) in [6, 6.07) is 8.15. The summed E-state index contributed by atoms with van der Waals surface area (Å²) in [4.78, 5) is 42.4. The van der Waals surface area contributed by atoms with E-state index in [0.717, 1.165) is 5.56 Å². The number of carbonyl (C=O) groups is 3. The van der Waals surface area contributed by atoms with Crippen LogP contribution in [0.2, 0.25) is 5.02 Å². The van der Waals surface area contributed by atoms with Gasteiger partial charge in [0, 0.05) is 6.54 Å². The molecule has 39 heavy (non-hydrogen) atoms. The molecule has 2 aromatic rings. The Balaban J connectivity index is 2.60. The zero-order valence-corrected chi connectivity index (χ0v) is 25.0. The maximum absolute atomic E-state index is 14.2. The Labute approximate surface area is 237 Å². The van der Waals surface area contributed by atoms with Gasteiger partial charge in [-0.1, -0.05) is 57.0 Å². The molecule has 3 atom stereocenters. The van der Waals surface area contributed by atoms with Crippen LogP contribution in [0.4, 0.5) is 10.5 Å². The van der Waals surface area contributed by atoms with E-state index in [1.54, 1.807) is 52.0 Å². The van der Waals surface area contributed by atoms with E-state index in [1.165, 1.54) is 11.0 Å². The number of benzene rings is 2. The minimum atomic E-state index is -1.06. The first-order chi connectivity index (χ1) is 18.2. The smallest absolute Gasteiger partial charge is 0.408 e. The fourth-order valence-corrected chi connectivity index (χ4v) is 4.48. The topological polar surface area (TPSA) is 108 Å². The first-order valence-corrected chi connectivity index (χ1v) is 13.7. The van der Waals surface area contributed by atoms with Gasteiger partial charge in [0.05, 0.1) is 10.7 Å². The van der Waals surface area contributed by atoms with Gasteiger partial charge in [0.1, 0.15) is 23.4 Å². The second kappa shape index (κ2) is 13.7. The van der Waals surface area contributed by atoms with Crippen molar-refractivity contribution in [3.05, 3.63) is 58.1 Å². The van der Waals surface area contributed by atoms with Crippen molar-refractivity contribution in [2.75, 3.05) is 11.9 Å². The van der Waals surface area contributed by atoms with Crippen molar-refractivity contribution in [1.82, 2.24) is 10.2 Å². The van der Waals surface area contributed by atoms with Gasteiger partial charge in [0.15, 0.2) is 0 Å². The van der Waals surface area contributed by atoms with E-state index in [0.29, 0.717) is 34.7 Å². The molecule has 2 rings (SSSR count). The van der Waals surface area contributed by atoms with Crippen LogP contribution >= 0.6 is 11.6 Å². The summed E-state index contributed by atoms with van der Waals surface area (Å²) in [5.41, 5.74) is 1.57. The molecule has 214 valence electrons. The minimum absolute atomic E-state index is 0.0808. The molecule has 8 nitrogen and oxygen atoms in total. The molecule has 0 fully saturated rings. The van der Waals surface area contributed by atoms with Crippen molar-refractivity contribution in [1.29, 1.82) is 0 Å². The van der Waals surface area contributed by atoms with E-state index in [-0.39, 0.29) is 18.2 Å². The molecule has 3 N–H and O–H groups in total. The number of nitrogens with one attached hydrogen (secondary N) is 2. The number of phenols is 1. The molecule has 0 bridgehead atoms. The predicted molar refractivity (Wildman–Crippen MR) is 155 cm³/mol. The van der Waals surface area contributed by atoms with E-state index in [4.69, 9.17) is 16.3 Å². The van der Waals surface area contributed by atoms with Crippen molar-refractivity contribution < 1.29 is 24.2 Å². The van der Waals surface area contributed by atoms with Gasteiger partial charge in [-0.25, -0.2) is 4.79 Å². The molecule has 0 aliphatic rings. The maximum Gasteiger partial charge on any atom is 0.408 e. The highest BCUT2D eigenvalue weighted by Gasteiger charge is 2.38. The molecule has 0 saturated carbocycles. The van der Waals surface area contributed by atoms with Gasteiger partial charge >= 0.3 is 6.09 Å². The zero-order valence-electron chi connectivity index (χ0n) is 24.2. The molecular formula is C30H42ClN3O5. The van der Waals surface area contributed by atoms with Gasteiger partial charge in [-0.3, -0.25) is 9.59 Å². The highest BCUT2D eigenvalue weighted by atomic mass is 35.5. The number of anilines is 1. The van der Waals surface area contributed by atoms with Crippen LogP contribution in [0.25, 0.3) is 0 Å². The van der Waals surface area contributed by atoms with Crippen molar-refractivity contribution >= 4 is 35.2 Å². The predicted octanol–water partition coefficient (Wildman–Crippen LogP) is 6.52. The monoisotopic (exact) mass is 559 g/mol. The average Bonchev–Trinajstić information content (AvgIpc) is 2.84. The van der Waals surface area contributed by atoms with Crippen LogP contribution in [0.5, 0.6) is 5.75 Å². The third-order valence-electron chi connectivity index (χ3n) is 6.47. The number of alkyl carbamates (subject to hydrolysis) is 1. The Hall–Kier alpha value is -3.26. The largest absolute Gasteiger partial charge is 0.508 e. The Bertz CT molecular complexity index is 1160. The molecule has 0 spiro atoms. The van der Waals surface area contributed by atoms with Crippen LogP contribution in [-0.2, 0) is 14.3 Å². The van der Waals surface area contributed by atoms with Gasteiger partial charge in [0.25, 0.3) is 5.91 Å². The maximum atomic E-state index is 14.2. The van der Waals surface area contributed by atoms with Crippen LogP contribution in [-0.4, -0.2) is 46.1 Å². The first-order valence-electron chi connectivity index (χ1n) is 13.4. The number of aryl methyl sites for hydroxylation is 2. The number of aromatic hydroxyl groups is 1. The Morgan fingerprint density at radius 2 is 1.74 bits per heavy atom. The van der Waals surface area contributed by atoms with Gasteiger partial charge in [-0.15, -0.1) is 0 Å². The van der Waals surface area contributed by atoms with Gasteiger partial charge in [0.2, 0.25) is 5.91 Å². The Morgan fingerprint density at radius 1 is 1.08 bits per heavy atom. The van der Waals surface area contributed by atoms with Crippen molar-refractivity contribution in [3.63, 3.8) is 0 Å². The molecule has 0 saturated heterocycles. The van der Waals surface area contributed by atoms with Gasteiger partial charge in [-0.05, 0) is 81.8 Å². The van der Waals surface area contributed by atoms with E-state index in [2.05, 4.69) is 10.6 Å². The lowest BCUT2D eigenvalue weighted by atomic mass is 9.95. The molecule has 3 amide bonds. The standard InChI is InChI=1S/C30H42ClN3O5/c1-9-16-34(28(37)25(18(3)10-2)33-29(38)39-30(6,7)8)26(21-14-15-23(35)20(5)17-21)27(36)32-24-19(4)12-11-13-22(24)31/h11-15,17-18,25-26,35H,9-10,16H2,1-8H3,(H,32,36)(H,33,38). The first kappa shape index (κ1) is 32.0. The Kier molecular flexibility index (Phi) is 11.2. The van der Waals surface area contributed by atoms with E-state index < -0.39 is 35.6 Å². The number of ether oxygens (including phenoxy) is 1. The molecule has 0 aliphatic carbocycles. The molecule has 0 aliphatic heterocycles. The van der Waals surface area contributed by atoms with Gasteiger partial charge < -0.3 is 25.4 Å². The third-order valence-corrected chi connectivity index (χ3v) is 6.78. The molecule has 0 heterocycles. The zero-order chi connectivity index (χ0) is 29.5. The number of amides is 3. The lowest BCUT2D eigenvalue weighted by molar-refractivity contribution is -0.141. The molecule has 0 radical (unpaired) electrons. The summed E-state index contributed by atoms with van der Waals surface area (Å²) in [6.07, 6.45) is 0.475. The highest BCUT2D eigenvalue weighted by Crippen LogP contribution is 2.31. The van der Waals surface area contributed by atoms with E-state index >= 15 is 0 Å². The number of rotatable bonds is 10. The van der Waals surface area contributed by atoms with Crippen molar-refractivity contribution in [2.45, 2.75) is 85.9 Å². The number of nitrogens with zero attached hydrogens (tertiary/aromatic N) is 1. The van der Waals surface area contributed by atoms with Crippen LogP contribution in [0.3, 0.4) is 0 Å². The molecular weight excluding hydrogens is 518 g/mol. The summed E-state index contributed by atoms with van der Waals surface area (Å²) in [6.45, 7) is 14.8. The molecule has 9 heteroatoms. The van der Waals surface area contributed by atoms with Crippen LogP contribution in [0.1, 0.15) is 77.1 Å². The fourth-order valence-electron chi connectivity index (χ4n) is 4.21. The molecule has 2 aromatic carbocycles. The van der Waals surface area contributed by atoms with Crippen LogP contribution in [0.15, 0.2) is 36.4 Å². The SMILES string of the molecule is CCCN(C(=O)C(NC(=O)OC(C)(C)C)C(C)CC)C(C(=O)Nc1c(C)cccc1Cl)c1ccc(O)c(C)c1. The number of carbonyl (C=O) groups excluding carboxylic acids is 3. The summed E-state index contributed by atoms with van der Waals surface area (Å²) in [7, 11) is 0. The normalized spacial score (nSPS) is 13.7. The second-order valence-corrected chi connectivity index (χ2v) is 11.3. The number of phenolic OH excluding ortho intramolecular Hbond substituents is 1. The van der Waals surface area contributed by atoms with Crippen LogP contribution < -0.4 is 10.6 Å². The molecule has 3 unspecified atom stereocenters. The number of para-hydroxylation sites is 1. The van der Waals surface area contributed by atoms with Crippen molar-refractivity contribution in [3.8, 4) is 5.75 Å². The highest BCUT2D eigenvalue weighted by molar-refractivity contribution is 6.34. The number of hydrogen-bond acceptors (Lipinski definition) is 5. The summed E-state index contributed by atoms with van der Waals surface area (Å²) < 4.78 is 5.44. The van der Waals surface area contributed by atoms with Crippen molar-refractivity contribution in [2.24, 2.45) is 5.92 Å². The average molecular weight is 560 g/mol. The fraction of sp³-hybridized carbons (Fsp3) is 0.500. The number of halogens is 1. The molecule has 0 aromatic heterocycles. The minimum Gasteiger partial charge on any atom is -0.508 e. The lowest BCUT2D eigenvalue weighted by Gasteiger charge is -2.36. The third kappa shape index (κ3) is 8.62. The summed E-state index contributed by atoms with van der Waals surface area (Å²) in [5, 5.41) is 16.2.